The summed E-state index contributed by atoms with van der Waals surface area (Å²) in [6.07, 6.45) is 1.86. The first-order valence-corrected chi connectivity index (χ1v) is 18.4. The van der Waals surface area contributed by atoms with Gasteiger partial charge >= 0.3 is 0 Å². The van der Waals surface area contributed by atoms with Gasteiger partial charge in [0.15, 0.2) is 7.14 Å². The molecule has 2 aliphatic carbocycles. The minimum Gasteiger partial charge on any atom is -0.309 e. The van der Waals surface area contributed by atoms with Gasteiger partial charge in [0.05, 0.1) is 5.69 Å². The van der Waals surface area contributed by atoms with E-state index in [2.05, 4.69) is 149 Å². The lowest BCUT2D eigenvalue weighted by Gasteiger charge is -2.25. The van der Waals surface area contributed by atoms with Gasteiger partial charge in [-0.15, -0.1) is 0 Å². The third kappa shape index (κ3) is 3.99. The van der Waals surface area contributed by atoms with E-state index in [-0.39, 0.29) is 10.8 Å². The number of aromatic nitrogens is 1. The number of nitrogens with zero attached hydrogens (tertiary/aromatic N) is 1. The number of fused-ring (bicyclic) bond motifs is 7. The molecule has 1 heterocycles. The highest BCUT2D eigenvalue weighted by atomic mass is 31.2. The highest BCUT2D eigenvalue weighted by molar-refractivity contribution is 7.85. The fraction of sp³-hybridized carbons (Fsp3) is 0.133. The van der Waals surface area contributed by atoms with Gasteiger partial charge in [0.2, 0.25) is 0 Å². The molecule has 232 valence electrons. The summed E-state index contributed by atoms with van der Waals surface area (Å²) in [5, 5.41) is 4.73. The molecule has 0 saturated heterocycles. The van der Waals surface area contributed by atoms with E-state index < -0.39 is 7.14 Å². The predicted molar refractivity (Wildman–Crippen MR) is 202 cm³/mol. The maximum atomic E-state index is 16.4. The van der Waals surface area contributed by atoms with E-state index >= 15 is 4.57 Å². The maximum absolute atomic E-state index is 16.4. The molecule has 6 aromatic carbocycles. The summed E-state index contributed by atoms with van der Waals surface area (Å²) >= 11 is 0. The van der Waals surface area contributed by atoms with Crippen molar-refractivity contribution >= 4 is 33.8 Å². The van der Waals surface area contributed by atoms with Gasteiger partial charge in [-0.25, -0.2) is 0 Å². The van der Waals surface area contributed by atoms with Crippen molar-refractivity contribution in [2.24, 2.45) is 0 Å². The minimum atomic E-state index is -3.38. The summed E-state index contributed by atoms with van der Waals surface area (Å²) in [6, 6.07) is 49.1. The Balaban J connectivity index is 1.30. The Bertz CT molecular complexity index is 2390. The third-order valence-electron chi connectivity index (χ3n) is 11.0. The molecular weight excluding hydrogens is 601 g/mol. The average molecular weight is 638 g/mol. The topological polar surface area (TPSA) is 30.0 Å². The van der Waals surface area contributed by atoms with Crippen LogP contribution >= 0.6 is 7.14 Å². The molecular formula is C45H36NOP. The SMILES string of the molecule is CC1(C)c2ccccc2-c2cc(P(=O)(c3cccc(-c4nccc5ccccc45)c3)c3ccc4c(c3)-c3ccccc3C4(C)C)ccc21. The summed E-state index contributed by atoms with van der Waals surface area (Å²) in [7, 11) is -3.38. The van der Waals surface area contributed by atoms with E-state index in [1.165, 1.54) is 44.5 Å². The van der Waals surface area contributed by atoms with Crippen LogP contribution in [0.25, 0.3) is 44.3 Å². The molecule has 2 nitrogen and oxygen atoms in total. The lowest BCUT2D eigenvalue weighted by molar-refractivity contribution is 0.592. The van der Waals surface area contributed by atoms with Crippen LogP contribution in [0, 0.1) is 0 Å². The van der Waals surface area contributed by atoms with Crippen molar-refractivity contribution in [2.45, 2.75) is 38.5 Å². The molecule has 0 unspecified atom stereocenters. The van der Waals surface area contributed by atoms with Gasteiger partial charge in [-0.1, -0.05) is 143 Å². The van der Waals surface area contributed by atoms with Crippen LogP contribution < -0.4 is 15.9 Å². The predicted octanol–water partition coefficient (Wildman–Crippen LogP) is 10.2. The molecule has 0 amide bonds. The van der Waals surface area contributed by atoms with Gasteiger partial charge in [0, 0.05) is 43.9 Å². The van der Waals surface area contributed by atoms with Crippen LogP contribution in [0.4, 0.5) is 0 Å². The Morgan fingerprint density at radius 3 is 1.62 bits per heavy atom. The van der Waals surface area contributed by atoms with Crippen molar-refractivity contribution in [2.75, 3.05) is 0 Å². The third-order valence-corrected chi connectivity index (χ3v) is 14.0. The summed E-state index contributed by atoms with van der Waals surface area (Å²) in [4.78, 5) is 4.83. The van der Waals surface area contributed by atoms with Gasteiger partial charge in [-0.2, -0.15) is 0 Å². The molecule has 2 aliphatic rings. The lowest BCUT2D eigenvalue weighted by atomic mass is 9.82. The first-order valence-electron chi connectivity index (χ1n) is 16.7. The van der Waals surface area contributed by atoms with Crippen molar-refractivity contribution in [3.8, 4) is 33.5 Å². The van der Waals surface area contributed by atoms with E-state index in [0.717, 1.165) is 37.9 Å². The molecule has 3 heteroatoms. The van der Waals surface area contributed by atoms with Crippen LogP contribution in [-0.4, -0.2) is 4.98 Å². The lowest BCUT2D eigenvalue weighted by Crippen LogP contribution is -2.26. The Kier molecular flexibility index (Phi) is 6.21. The molecule has 0 bridgehead atoms. The first-order chi connectivity index (χ1) is 23.2. The van der Waals surface area contributed by atoms with Crippen LogP contribution in [0.1, 0.15) is 49.9 Å². The molecule has 0 N–H and O–H groups in total. The van der Waals surface area contributed by atoms with Crippen molar-refractivity contribution in [3.63, 3.8) is 0 Å². The molecule has 1 aromatic heterocycles. The highest BCUT2D eigenvalue weighted by Gasteiger charge is 2.40. The molecule has 0 aliphatic heterocycles. The summed E-state index contributed by atoms with van der Waals surface area (Å²) in [5.74, 6) is 0. The first kappa shape index (κ1) is 29.1. The van der Waals surface area contributed by atoms with Crippen molar-refractivity contribution in [1.29, 1.82) is 0 Å². The molecule has 9 rings (SSSR count). The summed E-state index contributed by atoms with van der Waals surface area (Å²) < 4.78 is 16.4. The molecule has 7 aromatic rings. The minimum absolute atomic E-state index is 0.128. The number of hydrogen-bond donors (Lipinski definition) is 0. The molecule has 0 fully saturated rings. The Morgan fingerprint density at radius 1 is 0.479 bits per heavy atom. The number of hydrogen-bond acceptors (Lipinski definition) is 2. The van der Waals surface area contributed by atoms with Crippen molar-refractivity contribution in [1.82, 2.24) is 4.98 Å². The van der Waals surface area contributed by atoms with Crippen molar-refractivity contribution in [3.05, 3.63) is 168 Å². The zero-order chi connectivity index (χ0) is 32.8. The van der Waals surface area contributed by atoms with E-state index in [1.54, 1.807) is 0 Å². The van der Waals surface area contributed by atoms with E-state index in [4.69, 9.17) is 4.98 Å². The maximum Gasteiger partial charge on any atom is 0.171 e. The fourth-order valence-electron chi connectivity index (χ4n) is 8.45. The van der Waals surface area contributed by atoms with Gasteiger partial charge in [0.1, 0.15) is 0 Å². The van der Waals surface area contributed by atoms with E-state index in [1.807, 2.05) is 24.4 Å². The summed E-state index contributed by atoms with van der Waals surface area (Å²) in [6.45, 7) is 9.16. The smallest absolute Gasteiger partial charge is 0.171 e. The van der Waals surface area contributed by atoms with Gasteiger partial charge in [-0.3, -0.25) is 4.98 Å². The van der Waals surface area contributed by atoms with Gasteiger partial charge in [0.25, 0.3) is 0 Å². The number of benzene rings is 6. The van der Waals surface area contributed by atoms with Gasteiger partial charge < -0.3 is 4.57 Å². The van der Waals surface area contributed by atoms with Crippen LogP contribution in [0.2, 0.25) is 0 Å². The van der Waals surface area contributed by atoms with Crippen molar-refractivity contribution < 1.29 is 4.57 Å². The Morgan fingerprint density at radius 2 is 1.00 bits per heavy atom. The van der Waals surface area contributed by atoms with Crippen LogP contribution in [0.5, 0.6) is 0 Å². The second-order valence-electron chi connectivity index (χ2n) is 14.3. The Hall–Kier alpha value is -5.04. The average Bonchev–Trinajstić information content (AvgIpc) is 3.50. The highest BCUT2D eigenvalue weighted by Crippen LogP contribution is 2.53. The van der Waals surface area contributed by atoms with Crippen LogP contribution in [-0.2, 0) is 15.4 Å². The van der Waals surface area contributed by atoms with E-state index in [0.29, 0.717) is 0 Å². The normalized spacial score (nSPS) is 15.1. The standard InChI is InChI=1S/C45H36NOP/c1-44(2)39-18-9-7-16-35(39)37-27-32(20-22-41(37)44)48(47,33-21-23-42-38(28-33)36-17-8-10-19-40(36)45(42,3)4)31-14-11-13-30(26-31)43-34-15-6-5-12-29(34)24-25-46-43/h5-28H,1-4H3. The van der Waals surface area contributed by atoms with Gasteiger partial charge in [-0.05, 0) is 74.2 Å². The molecule has 0 radical (unpaired) electrons. The molecule has 0 spiro atoms. The molecule has 48 heavy (non-hydrogen) atoms. The monoisotopic (exact) mass is 637 g/mol. The largest absolute Gasteiger partial charge is 0.309 e. The van der Waals surface area contributed by atoms with Crippen LogP contribution in [0.15, 0.2) is 146 Å². The van der Waals surface area contributed by atoms with E-state index in [9.17, 15) is 0 Å². The summed E-state index contributed by atoms with van der Waals surface area (Å²) in [5.41, 5.74) is 11.6. The van der Waals surface area contributed by atoms with Crippen LogP contribution in [0.3, 0.4) is 0 Å². The second kappa shape index (κ2) is 10.2. The zero-order valence-electron chi connectivity index (χ0n) is 27.7. The number of rotatable bonds is 4. The zero-order valence-corrected chi connectivity index (χ0v) is 28.6. The number of pyridine rings is 1. The fourth-order valence-corrected chi connectivity index (χ4v) is 11.2. The molecule has 0 atom stereocenters. The molecule has 0 saturated carbocycles. The quantitative estimate of drug-likeness (QED) is 0.180. The second-order valence-corrected chi connectivity index (χ2v) is 17.1. The Labute approximate surface area is 282 Å².